The van der Waals surface area contributed by atoms with Gasteiger partial charge in [0.2, 0.25) is 0 Å². The Morgan fingerprint density at radius 3 is 1.86 bits per heavy atom. The van der Waals surface area contributed by atoms with Crippen molar-refractivity contribution in [3.63, 3.8) is 0 Å². The highest BCUT2D eigenvalue weighted by Gasteiger charge is 2.33. The molecular formula is C49H36. The zero-order valence-corrected chi connectivity index (χ0v) is 27.5. The molecule has 0 saturated heterocycles. The van der Waals surface area contributed by atoms with Crippen LogP contribution in [0.25, 0.3) is 65.3 Å². The Labute approximate surface area is 294 Å². The quantitative estimate of drug-likeness (QED) is 0.166. The van der Waals surface area contributed by atoms with Crippen molar-refractivity contribution < 1.29 is 6.85 Å². The predicted octanol–water partition coefficient (Wildman–Crippen LogP) is 12.9. The monoisotopic (exact) mass is 629 g/mol. The van der Waals surface area contributed by atoms with Crippen LogP contribution in [0.5, 0.6) is 0 Å². The van der Waals surface area contributed by atoms with E-state index in [0.717, 1.165) is 11.1 Å². The molecule has 0 radical (unpaired) electrons. The Morgan fingerprint density at radius 1 is 0.469 bits per heavy atom. The van der Waals surface area contributed by atoms with E-state index in [1.54, 1.807) is 0 Å². The maximum absolute atomic E-state index is 8.89. The Kier molecular flexibility index (Phi) is 5.12. The van der Waals surface area contributed by atoms with Crippen molar-refractivity contribution in [2.24, 2.45) is 0 Å². The molecule has 9 aromatic rings. The molecule has 49 heavy (non-hydrogen) atoms. The molecule has 0 aromatic heterocycles. The van der Waals surface area contributed by atoms with Gasteiger partial charge in [0, 0.05) is 5.41 Å². The van der Waals surface area contributed by atoms with Crippen LogP contribution < -0.4 is 0 Å². The van der Waals surface area contributed by atoms with Crippen molar-refractivity contribution in [1.82, 2.24) is 0 Å². The van der Waals surface area contributed by atoms with Crippen LogP contribution in [0, 0.1) is 0 Å². The lowest BCUT2D eigenvalue weighted by Crippen LogP contribution is -2.23. The van der Waals surface area contributed by atoms with Crippen LogP contribution in [0.4, 0.5) is 0 Å². The van der Waals surface area contributed by atoms with E-state index >= 15 is 0 Å². The highest BCUT2D eigenvalue weighted by atomic mass is 14.4. The molecule has 9 aromatic carbocycles. The predicted molar refractivity (Wildman–Crippen MR) is 209 cm³/mol. The van der Waals surface area contributed by atoms with Crippen molar-refractivity contribution in [2.45, 2.75) is 32.1 Å². The molecule has 0 fully saturated rings. The molecule has 0 atom stereocenters. The SMILES string of the molecule is [2H]c1c([2H])c([2H])c(-c2cc(Cc3ccc4c5c(cccc35)-c3ccccc3C4(C)C)cc(Cc3ccc4ccc5cccc6ccc3c4c56)c2)c([2H])c1[2H]. The summed E-state index contributed by atoms with van der Waals surface area (Å²) < 4.78 is 43.0. The van der Waals surface area contributed by atoms with E-state index in [2.05, 4.69) is 129 Å². The summed E-state index contributed by atoms with van der Waals surface area (Å²) in [6, 6.07) is 44.5. The summed E-state index contributed by atoms with van der Waals surface area (Å²) in [6.45, 7) is 4.62. The average Bonchev–Trinajstić information content (AvgIpc) is 3.18. The lowest BCUT2D eigenvalue weighted by atomic mass is 9.68. The molecule has 10 rings (SSSR count). The molecular weight excluding hydrogens is 589 g/mol. The summed E-state index contributed by atoms with van der Waals surface area (Å²) in [7, 11) is 0. The fourth-order valence-corrected chi connectivity index (χ4v) is 8.67. The summed E-state index contributed by atoms with van der Waals surface area (Å²) >= 11 is 0. The van der Waals surface area contributed by atoms with Crippen LogP contribution in [-0.4, -0.2) is 0 Å². The van der Waals surface area contributed by atoms with Crippen LogP contribution in [-0.2, 0) is 18.3 Å². The Bertz CT molecular complexity index is 2980. The Hall–Kier alpha value is -5.72. The summed E-state index contributed by atoms with van der Waals surface area (Å²) in [5.41, 5.74) is 10.3. The van der Waals surface area contributed by atoms with Crippen molar-refractivity contribution in [3.05, 3.63) is 191 Å². The van der Waals surface area contributed by atoms with E-state index < -0.39 is 0 Å². The molecule has 1 aliphatic rings. The fraction of sp³-hybridized carbons (Fsp3) is 0.102. The average molecular weight is 630 g/mol. The zero-order valence-electron chi connectivity index (χ0n) is 32.5. The highest BCUT2D eigenvalue weighted by molar-refractivity contribution is 6.23. The van der Waals surface area contributed by atoms with Gasteiger partial charge in [0.05, 0.1) is 6.85 Å². The van der Waals surface area contributed by atoms with E-state index in [1.165, 1.54) is 76.5 Å². The minimum Gasteiger partial charge on any atom is -0.0622 e. The van der Waals surface area contributed by atoms with Gasteiger partial charge in [-0.15, -0.1) is 0 Å². The number of hydrogen-bond acceptors (Lipinski definition) is 0. The third-order valence-corrected chi connectivity index (χ3v) is 10.9. The first kappa shape index (κ1) is 23.6. The molecule has 0 saturated carbocycles. The van der Waals surface area contributed by atoms with Crippen LogP contribution in [0.15, 0.2) is 158 Å². The molecule has 232 valence electrons. The maximum atomic E-state index is 8.89. The second kappa shape index (κ2) is 10.6. The second-order valence-electron chi connectivity index (χ2n) is 14.1. The van der Waals surface area contributed by atoms with Crippen molar-refractivity contribution in [3.8, 4) is 22.3 Å². The second-order valence-corrected chi connectivity index (χ2v) is 14.1. The fourth-order valence-electron chi connectivity index (χ4n) is 8.67. The Balaban J connectivity index is 1.16. The van der Waals surface area contributed by atoms with Crippen molar-refractivity contribution >= 4 is 43.1 Å². The van der Waals surface area contributed by atoms with Gasteiger partial charge in [-0.05, 0) is 112 Å². The van der Waals surface area contributed by atoms with Gasteiger partial charge in [0.15, 0.2) is 0 Å². The minimum absolute atomic E-state index is 0.156. The first-order valence-electron chi connectivity index (χ1n) is 19.6. The molecule has 0 nitrogen and oxygen atoms in total. The highest BCUT2D eigenvalue weighted by Crippen LogP contribution is 2.49. The lowest BCUT2D eigenvalue weighted by Gasteiger charge is -2.35. The van der Waals surface area contributed by atoms with E-state index in [4.69, 9.17) is 6.85 Å². The van der Waals surface area contributed by atoms with E-state index in [1.807, 2.05) is 12.1 Å². The zero-order chi connectivity index (χ0) is 37.0. The molecule has 1 aliphatic carbocycles. The smallest absolute Gasteiger partial charge is 0.0622 e. The van der Waals surface area contributed by atoms with Gasteiger partial charge in [0.25, 0.3) is 0 Å². The first-order valence-corrected chi connectivity index (χ1v) is 17.1. The van der Waals surface area contributed by atoms with Gasteiger partial charge >= 0.3 is 0 Å². The Morgan fingerprint density at radius 2 is 1.08 bits per heavy atom. The summed E-state index contributed by atoms with van der Waals surface area (Å²) in [4.78, 5) is 0. The third-order valence-electron chi connectivity index (χ3n) is 10.9. The van der Waals surface area contributed by atoms with E-state index in [-0.39, 0.29) is 41.2 Å². The molecule has 0 spiro atoms. The van der Waals surface area contributed by atoms with Gasteiger partial charge < -0.3 is 0 Å². The molecule has 0 bridgehead atoms. The lowest BCUT2D eigenvalue weighted by molar-refractivity contribution is 0.645. The molecule has 0 aliphatic heterocycles. The topological polar surface area (TPSA) is 0 Å². The summed E-state index contributed by atoms with van der Waals surface area (Å²) in [6.07, 6.45) is 1.25. The van der Waals surface area contributed by atoms with E-state index in [0.29, 0.717) is 18.4 Å². The summed E-state index contributed by atoms with van der Waals surface area (Å²) in [5.74, 6) is 0. The summed E-state index contributed by atoms with van der Waals surface area (Å²) in [5, 5.41) is 9.90. The largest absolute Gasteiger partial charge is 0.0629 e. The number of hydrogen-bond donors (Lipinski definition) is 0. The molecule has 0 amide bonds. The number of rotatable bonds is 5. The van der Waals surface area contributed by atoms with Gasteiger partial charge in [0.1, 0.15) is 0 Å². The van der Waals surface area contributed by atoms with E-state index in [9.17, 15) is 0 Å². The van der Waals surface area contributed by atoms with Crippen molar-refractivity contribution in [1.29, 1.82) is 0 Å². The molecule has 0 heterocycles. The number of fused-ring (bicyclic) bond motifs is 2. The molecule has 0 heteroatoms. The standard InChI is InChI=1S/C49H36/c1-49(2)44-17-7-6-14-42(44)43-16-9-15-40-38(23-25-45(49)48(40)43)28-32-26-31(29-39(30-32)33-10-4-3-5-11-33)27-37-21-20-36-19-18-34-12-8-13-35-22-24-41(37)47(36)46(34)35/h3-26,29-30H,27-28H2,1-2H3/i3D,4D,5D,10D,11D. The van der Waals surface area contributed by atoms with Crippen LogP contribution >= 0.6 is 0 Å². The maximum Gasteiger partial charge on any atom is 0.0629 e. The normalized spacial score (nSPS) is 14.9. The van der Waals surface area contributed by atoms with Gasteiger partial charge in [-0.2, -0.15) is 0 Å². The van der Waals surface area contributed by atoms with Gasteiger partial charge in [-0.3, -0.25) is 0 Å². The van der Waals surface area contributed by atoms with Crippen LogP contribution in [0.2, 0.25) is 0 Å². The van der Waals surface area contributed by atoms with Crippen molar-refractivity contribution in [2.75, 3.05) is 0 Å². The first-order chi connectivity index (χ1) is 26.1. The molecule has 0 unspecified atom stereocenters. The van der Waals surface area contributed by atoms with Gasteiger partial charge in [-0.1, -0.05) is 171 Å². The molecule has 0 N–H and O–H groups in total. The minimum atomic E-state index is -0.382. The third kappa shape index (κ3) is 4.37. The van der Waals surface area contributed by atoms with Crippen LogP contribution in [0.3, 0.4) is 0 Å². The van der Waals surface area contributed by atoms with Crippen LogP contribution in [0.1, 0.15) is 54.1 Å². The van der Waals surface area contributed by atoms with Gasteiger partial charge in [-0.25, -0.2) is 0 Å². The number of benzene rings is 9.